The van der Waals surface area contributed by atoms with E-state index in [1.807, 2.05) is 13.0 Å². The fourth-order valence-electron chi connectivity index (χ4n) is 3.31. The highest BCUT2D eigenvalue weighted by atomic mass is 32.2. The van der Waals surface area contributed by atoms with E-state index in [0.717, 1.165) is 37.4 Å². The molecule has 2 aromatic rings. The van der Waals surface area contributed by atoms with Gasteiger partial charge in [0.15, 0.2) is 0 Å². The second kappa shape index (κ2) is 8.88. The average molecular weight is 446 g/mol. The van der Waals surface area contributed by atoms with Gasteiger partial charge in [-0.3, -0.25) is 4.72 Å². The summed E-state index contributed by atoms with van der Waals surface area (Å²) in [6.07, 6.45) is 0. The van der Waals surface area contributed by atoms with Gasteiger partial charge < -0.3 is 14.5 Å². The summed E-state index contributed by atoms with van der Waals surface area (Å²) in [6, 6.07) is 11.8. The maximum absolute atomic E-state index is 13.0. The number of ether oxygens (including phenoxy) is 1. The molecule has 1 aliphatic heterocycles. The molecular formula is C23H31N3O4S. The van der Waals surface area contributed by atoms with Gasteiger partial charge in [-0.05, 0) is 65.1 Å². The van der Waals surface area contributed by atoms with E-state index < -0.39 is 21.6 Å². The van der Waals surface area contributed by atoms with Gasteiger partial charge in [0.2, 0.25) is 0 Å². The van der Waals surface area contributed by atoms with Crippen LogP contribution in [0.4, 0.5) is 11.4 Å². The molecular weight excluding hydrogens is 414 g/mol. The fraction of sp³-hybridized carbons (Fsp3) is 0.435. The van der Waals surface area contributed by atoms with Crippen LogP contribution in [0.15, 0.2) is 47.4 Å². The first-order valence-electron chi connectivity index (χ1n) is 10.3. The van der Waals surface area contributed by atoms with Crippen molar-refractivity contribution < 1.29 is 17.9 Å². The number of anilines is 2. The lowest BCUT2D eigenvalue weighted by Crippen LogP contribution is -2.44. The number of nitrogens with zero attached hydrogens (tertiary/aromatic N) is 2. The normalized spacial score (nSPS) is 15.6. The Balaban J connectivity index is 1.98. The topological polar surface area (TPSA) is 79.0 Å². The van der Waals surface area contributed by atoms with Gasteiger partial charge in [-0.1, -0.05) is 17.7 Å². The average Bonchev–Trinajstić information content (AvgIpc) is 2.67. The minimum atomic E-state index is -3.87. The van der Waals surface area contributed by atoms with Crippen molar-refractivity contribution >= 4 is 27.4 Å². The van der Waals surface area contributed by atoms with Crippen molar-refractivity contribution in [1.29, 1.82) is 0 Å². The van der Waals surface area contributed by atoms with Gasteiger partial charge in [0.05, 0.1) is 16.1 Å². The van der Waals surface area contributed by atoms with Crippen molar-refractivity contribution in [3.8, 4) is 0 Å². The third kappa shape index (κ3) is 5.98. The van der Waals surface area contributed by atoms with E-state index in [4.69, 9.17) is 4.74 Å². The molecule has 0 atom stereocenters. The largest absolute Gasteiger partial charge is 0.456 e. The van der Waals surface area contributed by atoms with Crippen LogP contribution in [0.2, 0.25) is 0 Å². The maximum Gasteiger partial charge on any atom is 0.340 e. The fourth-order valence-corrected chi connectivity index (χ4v) is 4.38. The number of piperazine rings is 1. The van der Waals surface area contributed by atoms with Gasteiger partial charge in [-0.2, -0.15) is 0 Å². The van der Waals surface area contributed by atoms with Gasteiger partial charge in [0, 0.05) is 31.9 Å². The lowest BCUT2D eigenvalue weighted by Gasteiger charge is -2.34. The molecule has 1 fully saturated rings. The molecule has 1 N–H and O–H groups in total. The maximum atomic E-state index is 13.0. The summed E-state index contributed by atoms with van der Waals surface area (Å²) in [7, 11) is -1.80. The number of esters is 1. The van der Waals surface area contributed by atoms with Crippen molar-refractivity contribution in [2.75, 3.05) is 42.8 Å². The molecule has 1 heterocycles. The zero-order valence-electron chi connectivity index (χ0n) is 18.8. The molecule has 1 aliphatic rings. The molecule has 0 spiro atoms. The SMILES string of the molecule is Cc1ccc(S(=O)(=O)Nc2cc(N3CCN(C)CC3)ccc2C(=O)OC(C)(C)C)cc1. The first-order valence-corrected chi connectivity index (χ1v) is 11.8. The number of likely N-dealkylation sites (N-methyl/N-ethyl adjacent to an activating group) is 1. The van der Waals surface area contributed by atoms with Crippen LogP contribution in [0.1, 0.15) is 36.7 Å². The Kier molecular flexibility index (Phi) is 6.62. The number of hydrogen-bond donors (Lipinski definition) is 1. The van der Waals surface area contributed by atoms with E-state index >= 15 is 0 Å². The smallest absolute Gasteiger partial charge is 0.340 e. The minimum Gasteiger partial charge on any atom is -0.456 e. The van der Waals surface area contributed by atoms with Gasteiger partial charge >= 0.3 is 5.97 Å². The zero-order valence-corrected chi connectivity index (χ0v) is 19.6. The molecule has 7 nitrogen and oxygen atoms in total. The van der Waals surface area contributed by atoms with Crippen LogP contribution >= 0.6 is 0 Å². The van der Waals surface area contributed by atoms with Gasteiger partial charge in [-0.25, -0.2) is 13.2 Å². The highest BCUT2D eigenvalue weighted by Gasteiger charge is 2.25. The molecule has 0 saturated carbocycles. The quantitative estimate of drug-likeness (QED) is 0.710. The summed E-state index contributed by atoms with van der Waals surface area (Å²) in [5, 5.41) is 0. The molecule has 31 heavy (non-hydrogen) atoms. The molecule has 0 aromatic heterocycles. The van der Waals surface area contributed by atoms with Crippen LogP contribution in [0.25, 0.3) is 0 Å². The molecule has 0 amide bonds. The van der Waals surface area contributed by atoms with Crippen molar-refractivity contribution in [3.05, 3.63) is 53.6 Å². The molecule has 0 radical (unpaired) electrons. The van der Waals surface area contributed by atoms with Gasteiger partial charge in [0.1, 0.15) is 5.60 Å². The monoisotopic (exact) mass is 445 g/mol. The second-order valence-corrected chi connectivity index (χ2v) is 10.6. The van der Waals surface area contributed by atoms with E-state index in [0.29, 0.717) is 0 Å². The Morgan fingerprint density at radius 3 is 2.19 bits per heavy atom. The Labute approximate surface area is 185 Å². The number of sulfonamides is 1. The number of hydrogen-bond acceptors (Lipinski definition) is 6. The van der Waals surface area contributed by atoms with Crippen molar-refractivity contribution in [2.24, 2.45) is 0 Å². The zero-order chi connectivity index (χ0) is 22.8. The first kappa shape index (κ1) is 23.1. The molecule has 8 heteroatoms. The highest BCUT2D eigenvalue weighted by Crippen LogP contribution is 2.29. The predicted molar refractivity (Wildman–Crippen MR) is 123 cm³/mol. The summed E-state index contributed by atoms with van der Waals surface area (Å²) in [4.78, 5) is 17.4. The molecule has 0 aliphatic carbocycles. The predicted octanol–water partition coefficient (Wildman–Crippen LogP) is 3.50. The Morgan fingerprint density at radius 1 is 1.00 bits per heavy atom. The number of aryl methyl sites for hydroxylation is 1. The number of benzene rings is 2. The van der Waals surface area contributed by atoms with Crippen LogP contribution < -0.4 is 9.62 Å². The van der Waals surface area contributed by atoms with E-state index in [1.165, 1.54) is 0 Å². The molecule has 0 bridgehead atoms. The van der Waals surface area contributed by atoms with Crippen LogP contribution in [-0.2, 0) is 14.8 Å². The number of nitrogens with one attached hydrogen (secondary N) is 1. The lowest BCUT2D eigenvalue weighted by atomic mass is 10.1. The lowest BCUT2D eigenvalue weighted by molar-refractivity contribution is 0.00708. The highest BCUT2D eigenvalue weighted by molar-refractivity contribution is 7.92. The molecule has 3 rings (SSSR count). The Bertz CT molecular complexity index is 1040. The number of carbonyl (C=O) groups excluding carboxylic acids is 1. The van der Waals surface area contributed by atoms with Crippen LogP contribution in [0.3, 0.4) is 0 Å². The molecule has 2 aromatic carbocycles. The molecule has 168 valence electrons. The van der Waals surface area contributed by atoms with E-state index in [-0.39, 0.29) is 16.1 Å². The van der Waals surface area contributed by atoms with Crippen molar-refractivity contribution in [1.82, 2.24) is 4.90 Å². The van der Waals surface area contributed by atoms with Crippen LogP contribution in [0.5, 0.6) is 0 Å². The third-order valence-electron chi connectivity index (χ3n) is 5.07. The Hall–Kier alpha value is -2.58. The van der Waals surface area contributed by atoms with Crippen molar-refractivity contribution in [3.63, 3.8) is 0 Å². The van der Waals surface area contributed by atoms with E-state index in [2.05, 4.69) is 21.6 Å². The summed E-state index contributed by atoms with van der Waals surface area (Å²) in [6.45, 7) is 10.7. The van der Waals surface area contributed by atoms with Crippen molar-refractivity contribution in [2.45, 2.75) is 38.2 Å². The standard InChI is InChI=1S/C23H31N3O4S/c1-17-6-9-19(10-7-17)31(28,29)24-21-16-18(26-14-12-25(5)13-15-26)8-11-20(21)22(27)30-23(2,3)4/h6-11,16,24H,12-15H2,1-5H3. The molecule has 0 unspecified atom stereocenters. The molecule has 1 saturated heterocycles. The van der Waals surface area contributed by atoms with E-state index in [1.54, 1.807) is 57.2 Å². The summed E-state index contributed by atoms with van der Waals surface area (Å²) >= 11 is 0. The summed E-state index contributed by atoms with van der Waals surface area (Å²) in [5.74, 6) is -0.570. The Morgan fingerprint density at radius 2 is 1.61 bits per heavy atom. The summed E-state index contributed by atoms with van der Waals surface area (Å²) in [5.41, 5.74) is 1.53. The summed E-state index contributed by atoms with van der Waals surface area (Å²) < 4.78 is 34.2. The number of carbonyl (C=O) groups is 1. The second-order valence-electron chi connectivity index (χ2n) is 8.94. The number of rotatable bonds is 5. The van der Waals surface area contributed by atoms with Crippen LogP contribution in [0, 0.1) is 6.92 Å². The van der Waals surface area contributed by atoms with E-state index in [9.17, 15) is 13.2 Å². The minimum absolute atomic E-state index is 0.137. The first-order chi connectivity index (χ1) is 14.4. The van der Waals surface area contributed by atoms with Gasteiger partial charge in [-0.15, -0.1) is 0 Å². The van der Waals surface area contributed by atoms with Crippen LogP contribution in [-0.4, -0.2) is 58.1 Å². The third-order valence-corrected chi connectivity index (χ3v) is 6.45. The van der Waals surface area contributed by atoms with Gasteiger partial charge in [0.25, 0.3) is 10.0 Å².